The van der Waals surface area contributed by atoms with Gasteiger partial charge in [0.25, 0.3) is 5.91 Å². The molecule has 0 N–H and O–H groups in total. The molecule has 31 heavy (non-hydrogen) atoms. The number of aliphatic imine (C=N–C) groups is 1. The van der Waals surface area contributed by atoms with E-state index >= 15 is 0 Å². The Labute approximate surface area is 192 Å². The molecular formula is C22H24ClN3O3S2. The molecule has 2 aliphatic heterocycles. The summed E-state index contributed by atoms with van der Waals surface area (Å²) in [6.07, 6.45) is 2.84. The second-order valence-electron chi connectivity index (χ2n) is 7.53. The molecule has 0 atom stereocenters. The largest absolute Gasteiger partial charge is 0.286 e. The lowest BCUT2D eigenvalue weighted by Crippen LogP contribution is -2.35. The first kappa shape index (κ1) is 22.3. The number of sulfonamides is 1. The van der Waals surface area contributed by atoms with Crippen LogP contribution in [0.4, 0.5) is 0 Å². The number of piperidine rings is 1. The van der Waals surface area contributed by atoms with Crippen LogP contribution < -0.4 is 0 Å². The minimum atomic E-state index is -3.51. The first-order valence-electron chi connectivity index (χ1n) is 10.3. The highest BCUT2D eigenvalue weighted by atomic mass is 35.5. The lowest BCUT2D eigenvalue weighted by molar-refractivity contribution is 0.0860. The molecule has 1 amide bonds. The maximum absolute atomic E-state index is 13.0. The third-order valence-corrected chi connectivity index (χ3v) is 8.59. The highest BCUT2D eigenvalue weighted by molar-refractivity contribution is 8.13. The van der Waals surface area contributed by atoms with Gasteiger partial charge >= 0.3 is 0 Å². The fourth-order valence-electron chi connectivity index (χ4n) is 3.69. The summed E-state index contributed by atoms with van der Waals surface area (Å²) >= 11 is 7.54. The van der Waals surface area contributed by atoms with Crippen LogP contribution in [-0.2, 0) is 15.8 Å². The third-order valence-electron chi connectivity index (χ3n) is 5.36. The molecule has 0 saturated carbocycles. The van der Waals surface area contributed by atoms with Crippen molar-refractivity contribution in [3.8, 4) is 0 Å². The highest BCUT2D eigenvalue weighted by Crippen LogP contribution is 2.24. The molecule has 2 aliphatic rings. The molecule has 164 valence electrons. The quantitative estimate of drug-likeness (QED) is 0.645. The molecule has 9 heteroatoms. The van der Waals surface area contributed by atoms with Gasteiger partial charge < -0.3 is 0 Å². The van der Waals surface area contributed by atoms with E-state index in [1.807, 2.05) is 24.3 Å². The molecule has 2 aromatic carbocycles. The van der Waals surface area contributed by atoms with E-state index < -0.39 is 10.0 Å². The lowest BCUT2D eigenvalue weighted by atomic mass is 10.2. The number of carbonyl (C=O) groups is 1. The predicted molar refractivity (Wildman–Crippen MR) is 125 cm³/mol. The molecule has 0 unspecified atom stereocenters. The van der Waals surface area contributed by atoms with Gasteiger partial charge in [0, 0.05) is 36.0 Å². The van der Waals surface area contributed by atoms with Crippen molar-refractivity contribution in [2.45, 2.75) is 29.9 Å². The summed E-state index contributed by atoms with van der Waals surface area (Å²) in [5.41, 5.74) is 1.52. The topological polar surface area (TPSA) is 70.1 Å². The van der Waals surface area contributed by atoms with E-state index in [1.54, 1.807) is 17.0 Å². The molecule has 0 aliphatic carbocycles. The molecule has 6 nitrogen and oxygen atoms in total. The van der Waals surface area contributed by atoms with Crippen LogP contribution in [0.15, 0.2) is 58.4 Å². The molecular weight excluding hydrogens is 454 g/mol. The SMILES string of the molecule is O=C(c1ccc(S(=O)(=O)N2CCCCC2)cc1)N1CCN=C1SCc1cccc(Cl)c1. The second-order valence-corrected chi connectivity index (χ2v) is 10.8. The Morgan fingerprint density at radius 1 is 1.03 bits per heavy atom. The van der Waals surface area contributed by atoms with Crippen molar-refractivity contribution in [1.82, 2.24) is 9.21 Å². The van der Waals surface area contributed by atoms with Gasteiger partial charge in [-0.25, -0.2) is 8.42 Å². The van der Waals surface area contributed by atoms with E-state index in [0.29, 0.717) is 47.7 Å². The first-order chi connectivity index (χ1) is 14.9. The standard InChI is InChI=1S/C22H24ClN3O3S2/c23-19-6-4-5-17(15-19)16-30-22-24-11-14-26(22)21(27)18-7-9-20(10-8-18)31(28,29)25-12-2-1-3-13-25/h4-10,15H,1-3,11-14,16H2. The smallest absolute Gasteiger partial charge is 0.259 e. The van der Waals surface area contributed by atoms with E-state index in [2.05, 4.69) is 4.99 Å². The Morgan fingerprint density at radius 2 is 1.77 bits per heavy atom. The summed E-state index contributed by atoms with van der Waals surface area (Å²) in [6.45, 7) is 2.19. The van der Waals surface area contributed by atoms with Crippen LogP contribution >= 0.6 is 23.4 Å². The lowest BCUT2D eigenvalue weighted by Gasteiger charge is -2.26. The van der Waals surface area contributed by atoms with Crippen molar-refractivity contribution in [3.05, 3.63) is 64.7 Å². The monoisotopic (exact) mass is 477 g/mol. The molecule has 2 aromatic rings. The van der Waals surface area contributed by atoms with Gasteiger partial charge in [-0.15, -0.1) is 0 Å². The van der Waals surface area contributed by atoms with Gasteiger partial charge in [-0.1, -0.05) is 41.9 Å². The minimum Gasteiger partial charge on any atom is -0.286 e. The van der Waals surface area contributed by atoms with Gasteiger partial charge in [0.2, 0.25) is 10.0 Å². The number of hydrogen-bond acceptors (Lipinski definition) is 5. The van der Waals surface area contributed by atoms with Crippen LogP contribution in [0, 0.1) is 0 Å². The average Bonchev–Trinajstić information content (AvgIpc) is 3.26. The summed E-state index contributed by atoms with van der Waals surface area (Å²) < 4.78 is 27.2. The third kappa shape index (κ3) is 5.14. The van der Waals surface area contributed by atoms with Crippen molar-refractivity contribution in [2.24, 2.45) is 4.99 Å². The number of benzene rings is 2. The predicted octanol–water partition coefficient (Wildman–Crippen LogP) is 4.26. The van der Waals surface area contributed by atoms with E-state index in [-0.39, 0.29) is 10.8 Å². The van der Waals surface area contributed by atoms with E-state index in [1.165, 1.54) is 28.2 Å². The fraction of sp³-hybridized carbons (Fsp3) is 0.364. The number of halogens is 1. The van der Waals surface area contributed by atoms with Crippen LogP contribution in [0.5, 0.6) is 0 Å². The Hall–Kier alpha value is -1.87. The summed E-state index contributed by atoms with van der Waals surface area (Å²) in [5.74, 6) is 0.493. The van der Waals surface area contributed by atoms with E-state index in [0.717, 1.165) is 24.8 Å². The van der Waals surface area contributed by atoms with Crippen LogP contribution in [0.2, 0.25) is 5.02 Å². The summed E-state index contributed by atoms with van der Waals surface area (Å²) in [6, 6.07) is 13.9. The zero-order chi connectivity index (χ0) is 21.8. The van der Waals surface area contributed by atoms with E-state index in [9.17, 15) is 13.2 Å². The maximum atomic E-state index is 13.0. The van der Waals surface area contributed by atoms with Gasteiger partial charge in [0.15, 0.2) is 5.17 Å². The van der Waals surface area contributed by atoms with Crippen LogP contribution in [0.25, 0.3) is 0 Å². The Balaban J connectivity index is 1.43. The molecule has 1 fully saturated rings. The number of rotatable bonds is 5. The van der Waals surface area contributed by atoms with Gasteiger partial charge in [0.05, 0.1) is 11.4 Å². The van der Waals surface area contributed by atoms with Gasteiger partial charge in [0.1, 0.15) is 0 Å². The zero-order valence-corrected chi connectivity index (χ0v) is 19.4. The first-order valence-corrected chi connectivity index (χ1v) is 13.1. The summed E-state index contributed by atoms with van der Waals surface area (Å²) in [4.78, 5) is 19.4. The minimum absolute atomic E-state index is 0.170. The maximum Gasteiger partial charge on any atom is 0.259 e. The van der Waals surface area contributed by atoms with Crippen LogP contribution in [-0.4, -0.2) is 54.9 Å². The number of amides is 1. The van der Waals surface area contributed by atoms with E-state index in [4.69, 9.17) is 11.6 Å². The summed E-state index contributed by atoms with van der Waals surface area (Å²) in [5, 5.41) is 1.36. The van der Waals surface area contributed by atoms with Gasteiger partial charge in [-0.05, 0) is 54.8 Å². The Bertz CT molecular complexity index is 1080. The number of carbonyl (C=O) groups excluding carboxylic acids is 1. The molecule has 0 radical (unpaired) electrons. The Morgan fingerprint density at radius 3 is 2.48 bits per heavy atom. The normalized spacial score (nSPS) is 17.6. The van der Waals surface area contributed by atoms with Gasteiger partial charge in [-0.3, -0.25) is 14.7 Å². The number of hydrogen-bond donors (Lipinski definition) is 0. The second kappa shape index (κ2) is 9.73. The van der Waals surface area contributed by atoms with Crippen LogP contribution in [0.1, 0.15) is 35.2 Å². The fourth-order valence-corrected chi connectivity index (χ4v) is 6.41. The number of thioether (sulfide) groups is 1. The molecule has 0 spiro atoms. The van der Waals surface area contributed by atoms with Crippen LogP contribution in [0.3, 0.4) is 0 Å². The molecule has 0 bridgehead atoms. The Kier molecular flexibility index (Phi) is 7.01. The highest BCUT2D eigenvalue weighted by Gasteiger charge is 2.28. The molecule has 2 heterocycles. The average molecular weight is 478 g/mol. The van der Waals surface area contributed by atoms with Crippen molar-refractivity contribution in [2.75, 3.05) is 26.2 Å². The van der Waals surface area contributed by atoms with Crippen molar-refractivity contribution >= 4 is 44.5 Å². The van der Waals surface area contributed by atoms with Gasteiger partial charge in [-0.2, -0.15) is 4.31 Å². The molecule has 1 saturated heterocycles. The molecule has 0 aromatic heterocycles. The number of amidine groups is 1. The number of nitrogens with zero attached hydrogens (tertiary/aromatic N) is 3. The van der Waals surface area contributed by atoms with Crippen molar-refractivity contribution in [1.29, 1.82) is 0 Å². The van der Waals surface area contributed by atoms with Crippen molar-refractivity contribution in [3.63, 3.8) is 0 Å². The molecule has 4 rings (SSSR count). The van der Waals surface area contributed by atoms with Crippen molar-refractivity contribution < 1.29 is 13.2 Å². The summed E-state index contributed by atoms with van der Waals surface area (Å²) in [7, 11) is -3.51. The zero-order valence-electron chi connectivity index (χ0n) is 17.0.